The van der Waals surface area contributed by atoms with Crippen molar-refractivity contribution in [3.8, 4) is 0 Å². The number of likely N-dealkylation sites (tertiary alicyclic amines) is 1. The SMILES string of the molecule is O=C(CN1C(=O)NC2(CCCCC2)C1=O)N1CCC(n2c(=O)[nH]c3ccccc32)CC1. The highest BCUT2D eigenvalue weighted by atomic mass is 16.2. The monoisotopic (exact) mass is 425 g/mol. The minimum Gasteiger partial charge on any atom is -0.341 e. The zero-order valence-electron chi connectivity index (χ0n) is 17.4. The molecule has 0 bridgehead atoms. The fraction of sp³-hybridized carbons (Fsp3) is 0.545. The van der Waals surface area contributed by atoms with Gasteiger partial charge in [-0.1, -0.05) is 31.4 Å². The van der Waals surface area contributed by atoms with Gasteiger partial charge in [0.2, 0.25) is 5.91 Å². The first kappa shape index (κ1) is 19.8. The summed E-state index contributed by atoms with van der Waals surface area (Å²) in [6.07, 6.45) is 5.48. The zero-order valence-corrected chi connectivity index (χ0v) is 17.4. The van der Waals surface area contributed by atoms with Gasteiger partial charge in [-0.3, -0.25) is 19.1 Å². The van der Waals surface area contributed by atoms with E-state index >= 15 is 0 Å². The van der Waals surface area contributed by atoms with Crippen molar-refractivity contribution in [3.05, 3.63) is 34.7 Å². The van der Waals surface area contributed by atoms with Gasteiger partial charge in [-0.25, -0.2) is 9.59 Å². The van der Waals surface area contributed by atoms with Crippen molar-refractivity contribution < 1.29 is 14.4 Å². The van der Waals surface area contributed by atoms with Crippen molar-refractivity contribution in [2.45, 2.75) is 56.5 Å². The minimum absolute atomic E-state index is 0.00919. The van der Waals surface area contributed by atoms with Gasteiger partial charge in [-0.05, 0) is 37.8 Å². The third kappa shape index (κ3) is 3.32. The Morgan fingerprint density at radius 1 is 1.03 bits per heavy atom. The number of nitrogens with one attached hydrogen (secondary N) is 2. The summed E-state index contributed by atoms with van der Waals surface area (Å²) in [5.74, 6) is -0.480. The van der Waals surface area contributed by atoms with Crippen LogP contribution in [0.25, 0.3) is 11.0 Å². The largest absolute Gasteiger partial charge is 0.341 e. The summed E-state index contributed by atoms with van der Waals surface area (Å²) in [5, 5.41) is 2.85. The molecular weight excluding hydrogens is 398 g/mol. The van der Waals surface area contributed by atoms with E-state index in [2.05, 4.69) is 10.3 Å². The van der Waals surface area contributed by atoms with E-state index in [1.54, 1.807) is 9.47 Å². The molecule has 2 aromatic rings. The van der Waals surface area contributed by atoms with Gasteiger partial charge in [0.25, 0.3) is 5.91 Å². The number of amides is 4. The lowest BCUT2D eigenvalue weighted by atomic mass is 9.82. The Morgan fingerprint density at radius 3 is 2.48 bits per heavy atom. The summed E-state index contributed by atoms with van der Waals surface area (Å²) in [7, 11) is 0. The number of aromatic nitrogens is 2. The van der Waals surface area contributed by atoms with E-state index in [1.807, 2.05) is 24.3 Å². The molecule has 9 nitrogen and oxygen atoms in total. The van der Waals surface area contributed by atoms with Crippen LogP contribution in [0.15, 0.2) is 29.1 Å². The number of H-pyrrole nitrogens is 1. The molecule has 1 spiro atoms. The van der Waals surface area contributed by atoms with Gasteiger partial charge >= 0.3 is 11.7 Å². The number of para-hydroxylation sites is 2. The molecule has 5 rings (SSSR count). The minimum atomic E-state index is -0.806. The molecule has 2 aliphatic heterocycles. The summed E-state index contributed by atoms with van der Waals surface area (Å²) < 4.78 is 1.78. The Kier molecular flexibility index (Phi) is 4.83. The van der Waals surface area contributed by atoms with Crippen LogP contribution in [-0.4, -0.2) is 62.4 Å². The molecule has 1 saturated carbocycles. The Bertz CT molecular complexity index is 1090. The molecule has 3 fully saturated rings. The number of carbonyl (C=O) groups is 3. The van der Waals surface area contributed by atoms with E-state index in [1.165, 1.54) is 0 Å². The number of imidazole rings is 1. The Morgan fingerprint density at radius 2 is 1.74 bits per heavy atom. The molecule has 0 atom stereocenters. The maximum Gasteiger partial charge on any atom is 0.326 e. The molecule has 3 heterocycles. The fourth-order valence-electron chi connectivity index (χ4n) is 5.36. The number of imide groups is 1. The van der Waals surface area contributed by atoms with Crippen LogP contribution in [0.2, 0.25) is 0 Å². The van der Waals surface area contributed by atoms with Crippen LogP contribution in [0.4, 0.5) is 4.79 Å². The molecule has 0 unspecified atom stereocenters. The zero-order chi connectivity index (χ0) is 21.6. The molecule has 4 amide bonds. The second-order valence-electron chi connectivity index (χ2n) is 8.89. The highest BCUT2D eigenvalue weighted by Gasteiger charge is 2.51. The van der Waals surface area contributed by atoms with Crippen molar-refractivity contribution in [2.24, 2.45) is 0 Å². The number of carbonyl (C=O) groups excluding carboxylic acids is 3. The molecule has 2 saturated heterocycles. The number of hydrogen-bond acceptors (Lipinski definition) is 4. The van der Waals surface area contributed by atoms with Gasteiger partial charge in [-0.15, -0.1) is 0 Å². The number of urea groups is 1. The van der Waals surface area contributed by atoms with Crippen LogP contribution in [-0.2, 0) is 9.59 Å². The van der Waals surface area contributed by atoms with E-state index < -0.39 is 11.6 Å². The number of nitrogens with zero attached hydrogens (tertiary/aromatic N) is 3. The predicted octanol–water partition coefficient (Wildman–Crippen LogP) is 1.75. The van der Waals surface area contributed by atoms with Gasteiger partial charge < -0.3 is 15.2 Å². The summed E-state index contributed by atoms with van der Waals surface area (Å²) in [4.78, 5) is 56.3. The molecule has 3 aliphatic rings. The van der Waals surface area contributed by atoms with Crippen molar-refractivity contribution in [1.29, 1.82) is 0 Å². The molecule has 0 radical (unpaired) electrons. The van der Waals surface area contributed by atoms with Gasteiger partial charge in [0.05, 0.1) is 11.0 Å². The lowest BCUT2D eigenvalue weighted by molar-refractivity contribution is -0.140. The summed E-state index contributed by atoms with van der Waals surface area (Å²) in [5.41, 5.74) is 0.734. The van der Waals surface area contributed by atoms with Gasteiger partial charge in [0.15, 0.2) is 0 Å². The second-order valence-corrected chi connectivity index (χ2v) is 8.89. The molecule has 1 aromatic heterocycles. The summed E-state index contributed by atoms with van der Waals surface area (Å²) >= 11 is 0. The van der Waals surface area contributed by atoms with E-state index in [9.17, 15) is 19.2 Å². The van der Waals surface area contributed by atoms with Crippen molar-refractivity contribution in [1.82, 2.24) is 24.7 Å². The molecular formula is C22H27N5O4. The molecule has 2 N–H and O–H groups in total. The number of fused-ring (bicyclic) bond motifs is 1. The average Bonchev–Trinajstić information content (AvgIpc) is 3.23. The summed E-state index contributed by atoms with van der Waals surface area (Å²) in [6.45, 7) is 0.762. The fourth-order valence-corrected chi connectivity index (χ4v) is 5.36. The number of aromatic amines is 1. The van der Waals surface area contributed by atoms with Crippen molar-refractivity contribution >= 4 is 28.9 Å². The highest BCUT2D eigenvalue weighted by molar-refractivity contribution is 6.09. The quantitative estimate of drug-likeness (QED) is 0.731. The van der Waals surface area contributed by atoms with Crippen molar-refractivity contribution in [2.75, 3.05) is 19.6 Å². The lowest BCUT2D eigenvalue weighted by Crippen LogP contribution is -2.49. The van der Waals surface area contributed by atoms with Crippen LogP contribution < -0.4 is 11.0 Å². The Hall–Kier alpha value is -3.10. The first-order chi connectivity index (χ1) is 15.0. The van der Waals surface area contributed by atoms with Crippen LogP contribution in [0.5, 0.6) is 0 Å². The normalized spacial score (nSPS) is 21.8. The Balaban J connectivity index is 1.23. The van der Waals surface area contributed by atoms with Gasteiger partial charge in [0, 0.05) is 19.1 Å². The highest BCUT2D eigenvalue weighted by Crippen LogP contribution is 2.33. The molecule has 1 aliphatic carbocycles. The van der Waals surface area contributed by atoms with Crippen LogP contribution >= 0.6 is 0 Å². The molecule has 31 heavy (non-hydrogen) atoms. The van der Waals surface area contributed by atoms with Crippen LogP contribution in [0, 0.1) is 0 Å². The first-order valence-corrected chi connectivity index (χ1v) is 11.1. The number of rotatable bonds is 3. The topological polar surface area (TPSA) is 108 Å². The van der Waals surface area contributed by atoms with Crippen LogP contribution in [0.3, 0.4) is 0 Å². The standard InChI is InChI=1S/C22H27N5O4/c28-18(14-26-19(29)22(24-21(26)31)10-4-1-5-11-22)25-12-8-15(9-13-25)27-17-7-3-2-6-16(17)23-20(27)30/h2-3,6-7,15H,1,4-5,8-14H2,(H,23,30)(H,24,31). The van der Waals surface area contributed by atoms with Crippen LogP contribution in [0.1, 0.15) is 51.0 Å². The molecule has 1 aromatic carbocycles. The maximum atomic E-state index is 12.9. The van der Waals surface area contributed by atoms with Gasteiger partial charge in [0.1, 0.15) is 12.1 Å². The van der Waals surface area contributed by atoms with E-state index in [0.29, 0.717) is 38.8 Å². The maximum absolute atomic E-state index is 12.9. The predicted molar refractivity (Wildman–Crippen MR) is 113 cm³/mol. The van der Waals surface area contributed by atoms with E-state index in [4.69, 9.17) is 0 Å². The molecule has 9 heteroatoms. The first-order valence-electron chi connectivity index (χ1n) is 11.1. The average molecular weight is 425 g/mol. The van der Waals surface area contributed by atoms with E-state index in [0.717, 1.165) is 35.2 Å². The third-order valence-corrected chi connectivity index (χ3v) is 7.05. The van der Waals surface area contributed by atoms with Crippen molar-refractivity contribution in [3.63, 3.8) is 0 Å². The number of piperidine rings is 1. The third-order valence-electron chi connectivity index (χ3n) is 7.05. The Labute approximate surface area is 179 Å². The smallest absolute Gasteiger partial charge is 0.326 e. The number of benzene rings is 1. The number of hydrogen-bond donors (Lipinski definition) is 2. The van der Waals surface area contributed by atoms with E-state index in [-0.39, 0.29) is 30.1 Å². The second kappa shape index (κ2) is 7.55. The summed E-state index contributed by atoms with van der Waals surface area (Å²) in [6, 6.07) is 7.14. The lowest BCUT2D eigenvalue weighted by Gasteiger charge is -2.33. The molecule has 164 valence electrons. The van der Waals surface area contributed by atoms with Gasteiger partial charge in [-0.2, -0.15) is 0 Å².